The molecule has 0 aliphatic rings. The maximum Gasteiger partial charge on any atom is 0.355 e. The van der Waals surface area contributed by atoms with E-state index in [2.05, 4.69) is 31.1 Å². The van der Waals surface area contributed by atoms with E-state index in [0.717, 1.165) is 6.33 Å². The Morgan fingerprint density at radius 1 is 1.13 bits per heavy atom. The summed E-state index contributed by atoms with van der Waals surface area (Å²) in [6.45, 7) is -0.407. The topological polar surface area (TPSA) is 144 Å². The van der Waals surface area contributed by atoms with E-state index in [1.165, 1.54) is 24.5 Å². The Morgan fingerprint density at radius 2 is 1.87 bits per heavy atom. The number of amides is 1. The average molecular weight is 450 g/mol. The lowest BCUT2D eigenvalue weighted by atomic mass is 10.3. The fourth-order valence-electron chi connectivity index (χ4n) is 2.21. The number of benzene rings is 1. The highest BCUT2D eigenvalue weighted by Gasteiger charge is 2.23. The summed E-state index contributed by atoms with van der Waals surface area (Å²) < 4.78 is 5.29. The Bertz CT molecular complexity index is 1070. The van der Waals surface area contributed by atoms with Crippen molar-refractivity contribution in [2.75, 3.05) is 17.3 Å². The fraction of sp³-hybridized carbons (Fsp3) is 0.0588. The van der Waals surface area contributed by atoms with Gasteiger partial charge in [0.2, 0.25) is 11.6 Å². The number of nitrogens with zero attached hydrogens (tertiary/aromatic N) is 4. The molecule has 0 saturated carbocycles. The van der Waals surface area contributed by atoms with Crippen LogP contribution in [0.5, 0.6) is 5.75 Å². The van der Waals surface area contributed by atoms with Gasteiger partial charge in [-0.15, -0.1) is 0 Å². The predicted molar refractivity (Wildman–Crippen MR) is 110 cm³/mol. The molecule has 0 bridgehead atoms. The maximum absolute atomic E-state index is 12.0. The number of carbonyl (C=O) groups excluding carboxylic acids is 1. The second kappa shape index (κ2) is 9.67. The molecule has 2 heterocycles. The molecule has 3 rings (SSSR count). The number of halogens is 2. The van der Waals surface area contributed by atoms with E-state index in [1.54, 1.807) is 18.2 Å². The molecule has 0 fully saturated rings. The third-order valence-electron chi connectivity index (χ3n) is 3.52. The minimum atomic E-state index is -0.679. The zero-order chi connectivity index (χ0) is 21.5. The largest absolute Gasteiger partial charge is 0.482 e. The van der Waals surface area contributed by atoms with Crippen LogP contribution in [0.3, 0.4) is 0 Å². The lowest BCUT2D eigenvalue weighted by Gasteiger charge is -2.11. The number of pyridine rings is 1. The minimum absolute atomic E-state index is 0.0675. The number of anilines is 3. The van der Waals surface area contributed by atoms with Gasteiger partial charge in [0.15, 0.2) is 6.61 Å². The molecule has 3 N–H and O–H groups in total. The van der Waals surface area contributed by atoms with Gasteiger partial charge >= 0.3 is 5.69 Å². The number of hydrazine groups is 1. The Hall–Kier alpha value is -3.70. The SMILES string of the molecule is O=C(COc1ccc(Cl)cc1Cl)NNc1ncnc(Nc2ccncc2)c1[N+](=O)[O-]. The minimum Gasteiger partial charge on any atom is -0.482 e. The Labute approximate surface area is 179 Å². The first kappa shape index (κ1) is 21.0. The van der Waals surface area contributed by atoms with Gasteiger partial charge < -0.3 is 10.1 Å². The normalized spacial score (nSPS) is 10.2. The summed E-state index contributed by atoms with van der Waals surface area (Å²) in [4.78, 5) is 34.4. The van der Waals surface area contributed by atoms with Crippen molar-refractivity contribution >= 4 is 52.1 Å². The summed E-state index contributed by atoms with van der Waals surface area (Å²) >= 11 is 11.8. The number of aromatic nitrogens is 3. The molecule has 0 spiro atoms. The molecule has 154 valence electrons. The van der Waals surface area contributed by atoms with Crippen molar-refractivity contribution in [1.29, 1.82) is 0 Å². The Balaban J connectivity index is 1.66. The van der Waals surface area contributed by atoms with Gasteiger partial charge in [0, 0.05) is 23.1 Å². The first-order valence-electron chi connectivity index (χ1n) is 8.23. The van der Waals surface area contributed by atoms with Crippen LogP contribution in [0.1, 0.15) is 0 Å². The summed E-state index contributed by atoms with van der Waals surface area (Å²) in [5.41, 5.74) is 4.75. The maximum atomic E-state index is 12.0. The van der Waals surface area contributed by atoms with E-state index in [9.17, 15) is 14.9 Å². The smallest absolute Gasteiger partial charge is 0.355 e. The second-order valence-electron chi connectivity index (χ2n) is 5.57. The number of nitro groups is 1. The van der Waals surface area contributed by atoms with Gasteiger partial charge in [0.25, 0.3) is 5.91 Å². The third-order valence-corrected chi connectivity index (χ3v) is 4.05. The van der Waals surface area contributed by atoms with Crippen LogP contribution >= 0.6 is 23.2 Å². The molecule has 30 heavy (non-hydrogen) atoms. The molecular formula is C17H13Cl2N7O4. The van der Waals surface area contributed by atoms with Crippen molar-refractivity contribution in [1.82, 2.24) is 20.4 Å². The molecule has 1 aromatic carbocycles. The van der Waals surface area contributed by atoms with Gasteiger partial charge in [-0.25, -0.2) is 9.97 Å². The third kappa shape index (κ3) is 5.43. The first-order chi connectivity index (χ1) is 14.4. The van der Waals surface area contributed by atoms with Crippen molar-refractivity contribution in [2.45, 2.75) is 0 Å². The molecular weight excluding hydrogens is 437 g/mol. The summed E-state index contributed by atoms with van der Waals surface area (Å²) in [7, 11) is 0. The van der Waals surface area contributed by atoms with Gasteiger partial charge in [0.05, 0.1) is 9.95 Å². The van der Waals surface area contributed by atoms with Gasteiger partial charge in [-0.2, -0.15) is 0 Å². The Kier molecular flexibility index (Phi) is 6.78. The number of hydrogen-bond donors (Lipinski definition) is 3. The number of nitrogens with one attached hydrogen (secondary N) is 3. The van der Waals surface area contributed by atoms with Gasteiger partial charge in [-0.3, -0.25) is 30.7 Å². The van der Waals surface area contributed by atoms with Crippen LogP contribution < -0.4 is 20.9 Å². The Morgan fingerprint density at radius 3 is 2.57 bits per heavy atom. The van der Waals surface area contributed by atoms with Gasteiger partial charge in [-0.05, 0) is 30.3 Å². The summed E-state index contributed by atoms with van der Waals surface area (Å²) in [6.07, 6.45) is 4.14. The fourth-order valence-corrected chi connectivity index (χ4v) is 2.67. The van der Waals surface area contributed by atoms with Crippen LogP contribution in [-0.2, 0) is 4.79 Å². The standard InChI is InChI=1S/C17H13Cl2N7O4/c18-10-1-2-13(12(19)7-10)30-8-14(27)24-25-17-15(26(28)29)16(21-9-22-17)23-11-3-5-20-6-4-11/h1-7,9H,8H2,(H,24,27)(H2,20,21,22,23,25). The molecule has 0 aliphatic carbocycles. The van der Waals surface area contributed by atoms with Crippen LogP contribution in [0.2, 0.25) is 10.0 Å². The molecule has 0 radical (unpaired) electrons. The average Bonchev–Trinajstić information content (AvgIpc) is 2.72. The van der Waals surface area contributed by atoms with E-state index in [0.29, 0.717) is 10.7 Å². The molecule has 0 saturated heterocycles. The van der Waals surface area contributed by atoms with Crippen LogP contribution in [0.25, 0.3) is 0 Å². The summed E-state index contributed by atoms with van der Waals surface area (Å²) in [5.74, 6) is -0.655. The van der Waals surface area contributed by atoms with Crippen molar-refractivity contribution in [3.63, 3.8) is 0 Å². The lowest BCUT2D eigenvalue weighted by Crippen LogP contribution is -2.34. The molecule has 2 aromatic heterocycles. The highest BCUT2D eigenvalue weighted by molar-refractivity contribution is 6.35. The predicted octanol–water partition coefficient (Wildman–Crippen LogP) is 3.35. The second-order valence-corrected chi connectivity index (χ2v) is 6.42. The summed E-state index contributed by atoms with van der Waals surface area (Å²) in [5, 5.41) is 15.0. The number of ether oxygens (including phenoxy) is 1. The highest BCUT2D eigenvalue weighted by Crippen LogP contribution is 2.30. The van der Waals surface area contributed by atoms with E-state index in [1.807, 2.05) is 0 Å². The molecule has 13 heteroatoms. The number of carbonyl (C=O) groups is 1. The highest BCUT2D eigenvalue weighted by atomic mass is 35.5. The van der Waals surface area contributed by atoms with E-state index in [-0.39, 0.29) is 22.4 Å². The van der Waals surface area contributed by atoms with Crippen molar-refractivity contribution in [2.24, 2.45) is 0 Å². The molecule has 3 aromatic rings. The molecule has 0 aliphatic heterocycles. The van der Waals surface area contributed by atoms with Crippen LogP contribution in [-0.4, -0.2) is 32.4 Å². The number of rotatable bonds is 8. The molecule has 0 unspecified atom stereocenters. The molecule has 0 atom stereocenters. The first-order valence-corrected chi connectivity index (χ1v) is 8.99. The number of hydrogen-bond acceptors (Lipinski definition) is 9. The lowest BCUT2D eigenvalue weighted by molar-refractivity contribution is -0.383. The van der Waals surface area contributed by atoms with Gasteiger partial charge in [-0.1, -0.05) is 23.2 Å². The van der Waals surface area contributed by atoms with E-state index < -0.39 is 23.1 Å². The zero-order valence-corrected chi connectivity index (χ0v) is 16.5. The summed E-state index contributed by atoms with van der Waals surface area (Å²) in [6, 6.07) is 7.76. The van der Waals surface area contributed by atoms with Crippen molar-refractivity contribution in [3.8, 4) is 5.75 Å². The van der Waals surface area contributed by atoms with Crippen molar-refractivity contribution in [3.05, 3.63) is 69.2 Å². The quantitative estimate of drug-likeness (QED) is 0.348. The van der Waals surface area contributed by atoms with E-state index >= 15 is 0 Å². The van der Waals surface area contributed by atoms with Gasteiger partial charge in [0.1, 0.15) is 12.1 Å². The van der Waals surface area contributed by atoms with Crippen LogP contribution in [0.4, 0.5) is 23.0 Å². The zero-order valence-electron chi connectivity index (χ0n) is 15.0. The van der Waals surface area contributed by atoms with Crippen LogP contribution in [0, 0.1) is 10.1 Å². The molecule has 1 amide bonds. The van der Waals surface area contributed by atoms with Crippen molar-refractivity contribution < 1.29 is 14.5 Å². The monoisotopic (exact) mass is 449 g/mol. The van der Waals surface area contributed by atoms with Crippen LogP contribution in [0.15, 0.2) is 49.1 Å². The van der Waals surface area contributed by atoms with E-state index in [4.69, 9.17) is 27.9 Å². The molecule has 11 nitrogen and oxygen atoms in total.